The van der Waals surface area contributed by atoms with E-state index in [9.17, 15) is 5.26 Å². The standard InChI is InChI=1S/C15H23N3S/c1-6-19-14-9-7-8-13(12(14)10-16)17-11-15(2,3)18(4)5/h7-9,17H,6,11H2,1-5H3. The minimum absolute atomic E-state index is 0.0423. The highest BCUT2D eigenvalue weighted by Gasteiger charge is 2.20. The molecule has 0 spiro atoms. The Hall–Kier alpha value is -1.18. The first-order valence-corrected chi connectivity index (χ1v) is 7.48. The van der Waals surface area contributed by atoms with E-state index in [-0.39, 0.29) is 5.54 Å². The molecule has 0 bridgehead atoms. The summed E-state index contributed by atoms with van der Waals surface area (Å²) in [5.41, 5.74) is 1.72. The number of thioether (sulfide) groups is 1. The van der Waals surface area contributed by atoms with Gasteiger partial charge in [-0.15, -0.1) is 11.8 Å². The van der Waals surface area contributed by atoms with Crippen LogP contribution in [0, 0.1) is 11.3 Å². The van der Waals surface area contributed by atoms with Crippen LogP contribution in [-0.2, 0) is 0 Å². The van der Waals surface area contributed by atoms with Gasteiger partial charge < -0.3 is 10.2 Å². The number of hydrogen-bond acceptors (Lipinski definition) is 4. The fourth-order valence-electron chi connectivity index (χ4n) is 1.54. The van der Waals surface area contributed by atoms with Crippen LogP contribution >= 0.6 is 11.8 Å². The summed E-state index contributed by atoms with van der Waals surface area (Å²) in [6, 6.07) is 8.31. The zero-order valence-electron chi connectivity index (χ0n) is 12.4. The highest BCUT2D eigenvalue weighted by Crippen LogP contribution is 2.28. The van der Waals surface area contributed by atoms with Crippen LogP contribution in [0.2, 0.25) is 0 Å². The van der Waals surface area contributed by atoms with Gasteiger partial charge in [-0.2, -0.15) is 5.26 Å². The van der Waals surface area contributed by atoms with Gasteiger partial charge in [0.2, 0.25) is 0 Å². The van der Waals surface area contributed by atoms with E-state index < -0.39 is 0 Å². The predicted octanol–water partition coefficient (Wildman–Crippen LogP) is 3.42. The van der Waals surface area contributed by atoms with E-state index in [2.05, 4.69) is 51.2 Å². The second-order valence-electron chi connectivity index (χ2n) is 5.28. The van der Waals surface area contributed by atoms with Gasteiger partial charge in [0, 0.05) is 17.0 Å². The molecule has 0 atom stereocenters. The molecule has 0 amide bonds. The van der Waals surface area contributed by atoms with Crippen molar-refractivity contribution in [1.29, 1.82) is 5.26 Å². The molecule has 0 unspecified atom stereocenters. The molecule has 0 radical (unpaired) electrons. The van der Waals surface area contributed by atoms with E-state index >= 15 is 0 Å². The Kier molecular flexibility index (Phi) is 5.71. The number of nitriles is 1. The number of nitrogens with one attached hydrogen (secondary N) is 1. The van der Waals surface area contributed by atoms with Crippen molar-refractivity contribution in [3.8, 4) is 6.07 Å². The maximum atomic E-state index is 9.35. The molecule has 0 aliphatic rings. The van der Waals surface area contributed by atoms with E-state index in [0.29, 0.717) is 0 Å². The normalized spacial score (nSPS) is 11.4. The Morgan fingerprint density at radius 3 is 2.58 bits per heavy atom. The minimum Gasteiger partial charge on any atom is -0.382 e. The topological polar surface area (TPSA) is 39.1 Å². The number of benzene rings is 1. The molecule has 104 valence electrons. The molecule has 3 nitrogen and oxygen atoms in total. The average Bonchev–Trinajstić information content (AvgIpc) is 2.36. The maximum Gasteiger partial charge on any atom is 0.102 e. The molecule has 4 heteroatoms. The molecule has 0 aromatic heterocycles. The third kappa shape index (κ3) is 4.15. The number of hydrogen-bond donors (Lipinski definition) is 1. The number of anilines is 1. The summed E-state index contributed by atoms with van der Waals surface area (Å²) in [4.78, 5) is 3.23. The van der Waals surface area contributed by atoms with Crippen LogP contribution in [0.4, 0.5) is 5.69 Å². The maximum absolute atomic E-state index is 9.35. The van der Waals surface area contributed by atoms with Gasteiger partial charge in [0.15, 0.2) is 0 Å². The lowest BCUT2D eigenvalue weighted by atomic mass is 10.0. The van der Waals surface area contributed by atoms with Crippen molar-refractivity contribution in [1.82, 2.24) is 4.90 Å². The van der Waals surface area contributed by atoms with Crippen LogP contribution in [0.15, 0.2) is 23.1 Å². The second kappa shape index (κ2) is 6.83. The zero-order chi connectivity index (χ0) is 14.5. The van der Waals surface area contributed by atoms with Crippen LogP contribution in [-0.4, -0.2) is 36.8 Å². The van der Waals surface area contributed by atoms with Gasteiger partial charge in [0.05, 0.1) is 11.3 Å². The molecular formula is C15H23N3S. The minimum atomic E-state index is 0.0423. The van der Waals surface area contributed by atoms with Gasteiger partial charge in [-0.1, -0.05) is 13.0 Å². The van der Waals surface area contributed by atoms with E-state index in [0.717, 1.165) is 28.4 Å². The van der Waals surface area contributed by atoms with Crippen LogP contribution in [0.25, 0.3) is 0 Å². The van der Waals surface area contributed by atoms with E-state index in [4.69, 9.17) is 0 Å². The largest absolute Gasteiger partial charge is 0.382 e. The van der Waals surface area contributed by atoms with Crippen LogP contribution in [0.5, 0.6) is 0 Å². The van der Waals surface area contributed by atoms with Gasteiger partial charge in [0.25, 0.3) is 0 Å². The molecule has 0 saturated carbocycles. The van der Waals surface area contributed by atoms with E-state index in [1.807, 2.05) is 18.2 Å². The Balaban J connectivity index is 2.90. The Morgan fingerprint density at radius 1 is 1.37 bits per heavy atom. The molecule has 1 N–H and O–H groups in total. The lowest BCUT2D eigenvalue weighted by Crippen LogP contribution is -2.44. The first-order valence-electron chi connectivity index (χ1n) is 6.49. The van der Waals surface area contributed by atoms with Crippen molar-refractivity contribution in [2.24, 2.45) is 0 Å². The zero-order valence-corrected chi connectivity index (χ0v) is 13.3. The van der Waals surface area contributed by atoms with Gasteiger partial charge in [-0.05, 0) is 45.8 Å². The highest BCUT2D eigenvalue weighted by atomic mass is 32.2. The Morgan fingerprint density at radius 2 is 2.05 bits per heavy atom. The number of nitrogens with zero attached hydrogens (tertiary/aromatic N) is 2. The summed E-state index contributed by atoms with van der Waals surface area (Å²) in [7, 11) is 4.13. The monoisotopic (exact) mass is 277 g/mol. The molecule has 0 aliphatic carbocycles. The smallest absolute Gasteiger partial charge is 0.102 e. The molecule has 1 aromatic carbocycles. The molecule has 0 saturated heterocycles. The first kappa shape index (κ1) is 15.9. The predicted molar refractivity (Wildman–Crippen MR) is 83.8 cm³/mol. The first-order chi connectivity index (χ1) is 8.92. The third-order valence-corrected chi connectivity index (χ3v) is 4.30. The fourth-order valence-corrected chi connectivity index (χ4v) is 2.32. The number of likely N-dealkylation sites (N-methyl/N-ethyl adjacent to an activating group) is 1. The van der Waals surface area contributed by atoms with Crippen molar-refractivity contribution >= 4 is 17.4 Å². The highest BCUT2D eigenvalue weighted by molar-refractivity contribution is 7.99. The summed E-state index contributed by atoms with van der Waals surface area (Å²) in [6.45, 7) is 7.25. The van der Waals surface area contributed by atoms with Crippen molar-refractivity contribution in [3.63, 3.8) is 0 Å². The summed E-state index contributed by atoms with van der Waals surface area (Å²) in [5, 5.41) is 12.8. The Bertz CT molecular complexity index is 461. The molecular weight excluding hydrogens is 254 g/mol. The van der Waals surface area contributed by atoms with Gasteiger partial charge in [0.1, 0.15) is 6.07 Å². The number of rotatable bonds is 6. The van der Waals surface area contributed by atoms with Crippen molar-refractivity contribution in [2.75, 3.05) is 31.7 Å². The molecule has 19 heavy (non-hydrogen) atoms. The molecule has 1 rings (SSSR count). The lowest BCUT2D eigenvalue weighted by Gasteiger charge is -2.33. The molecule has 0 heterocycles. The van der Waals surface area contributed by atoms with Crippen LogP contribution in [0.3, 0.4) is 0 Å². The van der Waals surface area contributed by atoms with E-state index in [1.54, 1.807) is 11.8 Å². The average molecular weight is 277 g/mol. The fraction of sp³-hybridized carbons (Fsp3) is 0.533. The Labute approximate surface area is 121 Å². The SMILES string of the molecule is CCSc1cccc(NCC(C)(C)N(C)C)c1C#N. The van der Waals surface area contributed by atoms with Gasteiger partial charge in [-0.25, -0.2) is 0 Å². The summed E-state index contributed by atoms with van der Waals surface area (Å²) in [5.74, 6) is 0.974. The van der Waals surface area contributed by atoms with E-state index in [1.165, 1.54) is 0 Å². The molecule has 0 fully saturated rings. The lowest BCUT2D eigenvalue weighted by molar-refractivity contribution is 0.210. The molecule has 0 aliphatic heterocycles. The van der Waals surface area contributed by atoms with Crippen molar-refractivity contribution in [2.45, 2.75) is 31.2 Å². The van der Waals surface area contributed by atoms with Gasteiger partial charge >= 0.3 is 0 Å². The van der Waals surface area contributed by atoms with Gasteiger partial charge in [-0.3, -0.25) is 0 Å². The van der Waals surface area contributed by atoms with Crippen molar-refractivity contribution in [3.05, 3.63) is 23.8 Å². The van der Waals surface area contributed by atoms with Crippen LogP contribution in [0.1, 0.15) is 26.3 Å². The second-order valence-corrected chi connectivity index (χ2v) is 6.59. The molecule has 1 aromatic rings. The quantitative estimate of drug-likeness (QED) is 0.809. The summed E-state index contributed by atoms with van der Waals surface area (Å²) in [6.07, 6.45) is 0. The third-order valence-electron chi connectivity index (χ3n) is 3.36. The summed E-state index contributed by atoms with van der Waals surface area (Å²) < 4.78 is 0. The van der Waals surface area contributed by atoms with Crippen molar-refractivity contribution < 1.29 is 0 Å². The van der Waals surface area contributed by atoms with Crippen LogP contribution < -0.4 is 5.32 Å². The summed E-state index contributed by atoms with van der Waals surface area (Å²) >= 11 is 1.71.